The molecule has 0 aromatic heterocycles. The van der Waals surface area contributed by atoms with Gasteiger partial charge in [0.1, 0.15) is 11.6 Å². The van der Waals surface area contributed by atoms with Crippen LogP contribution in [0.15, 0.2) is 23.4 Å². The SMILES string of the molecule is CC(C)N(CCC(N)=NO)C(=O)c1ccc2c(c1)CCO2. The zero-order valence-electron chi connectivity index (χ0n) is 12.4. The molecule has 0 atom stereocenters. The smallest absolute Gasteiger partial charge is 0.254 e. The van der Waals surface area contributed by atoms with Gasteiger partial charge in [0.15, 0.2) is 0 Å². The van der Waals surface area contributed by atoms with Crippen molar-refractivity contribution in [1.29, 1.82) is 0 Å². The molecule has 114 valence electrons. The summed E-state index contributed by atoms with van der Waals surface area (Å²) >= 11 is 0. The predicted molar refractivity (Wildman–Crippen MR) is 79.8 cm³/mol. The summed E-state index contributed by atoms with van der Waals surface area (Å²) in [5.74, 6) is 0.931. The van der Waals surface area contributed by atoms with Crippen LogP contribution in [-0.2, 0) is 6.42 Å². The molecular weight excluding hydrogens is 270 g/mol. The number of rotatable bonds is 5. The minimum Gasteiger partial charge on any atom is -0.493 e. The summed E-state index contributed by atoms with van der Waals surface area (Å²) in [5, 5.41) is 11.5. The van der Waals surface area contributed by atoms with E-state index in [1.807, 2.05) is 26.0 Å². The Labute approximate surface area is 124 Å². The van der Waals surface area contributed by atoms with E-state index in [0.717, 1.165) is 17.7 Å². The van der Waals surface area contributed by atoms with E-state index in [0.29, 0.717) is 25.1 Å². The van der Waals surface area contributed by atoms with Gasteiger partial charge in [0.25, 0.3) is 5.91 Å². The second kappa shape index (κ2) is 6.47. The van der Waals surface area contributed by atoms with Crippen molar-refractivity contribution in [3.63, 3.8) is 0 Å². The number of amidine groups is 1. The fourth-order valence-corrected chi connectivity index (χ4v) is 2.36. The van der Waals surface area contributed by atoms with Gasteiger partial charge in [-0.2, -0.15) is 0 Å². The maximum absolute atomic E-state index is 12.6. The highest BCUT2D eigenvalue weighted by Crippen LogP contribution is 2.26. The molecule has 1 amide bonds. The number of nitrogens with zero attached hydrogens (tertiary/aromatic N) is 2. The number of hydrogen-bond acceptors (Lipinski definition) is 4. The molecule has 2 rings (SSSR count). The lowest BCUT2D eigenvalue weighted by atomic mass is 10.1. The van der Waals surface area contributed by atoms with Crippen LogP contribution in [0.1, 0.15) is 36.2 Å². The molecule has 0 aliphatic carbocycles. The summed E-state index contributed by atoms with van der Waals surface area (Å²) in [6, 6.07) is 5.56. The van der Waals surface area contributed by atoms with Gasteiger partial charge in [-0.1, -0.05) is 5.16 Å². The molecule has 0 saturated heterocycles. The molecule has 6 nitrogen and oxygen atoms in total. The number of benzene rings is 1. The average molecular weight is 291 g/mol. The van der Waals surface area contributed by atoms with E-state index in [1.165, 1.54) is 0 Å². The van der Waals surface area contributed by atoms with E-state index < -0.39 is 0 Å². The molecule has 1 heterocycles. The summed E-state index contributed by atoms with van der Waals surface area (Å²) < 4.78 is 5.45. The van der Waals surface area contributed by atoms with Crippen LogP contribution in [0.25, 0.3) is 0 Å². The number of fused-ring (bicyclic) bond motifs is 1. The summed E-state index contributed by atoms with van der Waals surface area (Å²) in [7, 11) is 0. The molecule has 0 spiro atoms. The van der Waals surface area contributed by atoms with Crippen molar-refractivity contribution in [3.8, 4) is 5.75 Å². The Bertz CT molecular complexity index is 555. The van der Waals surface area contributed by atoms with Crippen LogP contribution in [0, 0.1) is 0 Å². The van der Waals surface area contributed by atoms with Crippen LogP contribution >= 0.6 is 0 Å². The summed E-state index contributed by atoms with van der Waals surface area (Å²) in [6.45, 7) is 4.98. The molecule has 1 aromatic carbocycles. The normalized spacial score (nSPS) is 14.0. The third kappa shape index (κ3) is 3.45. The topological polar surface area (TPSA) is 88.1 Å². The van der Waals surface area contributed by atoms with E-state index in [-0.39, 0.29) is 17.8 Å². The van der Waals surface area contributed by atoms with Crippen LogP contribution < -0.4 is 10.5 Å². The van der Waals surface area contributed by atoms with Crippen LogP contribution in [-0.4, -0.2) is 41.0 Å². The van der Waals surface area contributed by atoms with Crippen molar-refractivity contribution in [2.75, 3.05) is 13.2 Å². The maximum atomic E-state index is 12.6. The summed E-state index contributed by atoms with van der Waals surface area (Å²) in [5.41, 5.74) is 7.20. The number of carbonyl (C=O) groups is 1. The van der Waals surface area contributed by atoms with Gasteiger partial charge in [-0.05, 0) is 37.6 Å². The van der Waals surface area contributed by atoms with Crippen molar-refractivity contribution in [2.24, 2.45) is 10.9 Å². The lowest BCUT2D eigenvalue weighted by Gasteiger charge is -2.26. The Morgan fingerprint density at radius 1 is 1.52 bits per heavy atom. The fraction of sp³-hybridized carbons (Fsp3) is 0.467. The van der Waals surface area contributed by atoms with E-state index in [2.05, 4.69) is 5.16 Å². The zero-order chi connectivity index (χ0) is 15.4. The molecule has 1 aliphatic rings. The molecule has 0 radical (unpaired) electrons. The van der Waals surface area contributed by atoms with Crippen LogP contribution in [0.3, 0.4) is 0 Å². The third-order valence-corrected chi connectivity index (χ3v) is 3.56. The Morgan fingerprint density at radius 2 is 2.29 bits per heavy atom. The minimum atomic E-state index is -0.0505. The molecule has 0 saturated carbocycles. The third-order valence-electron chi connectivity index (χ3n) is 3.56. The van der Waals surface area contributed by atoms with E-state index >= 15 is 0 Å². The van der Waals surface area contributed by atoms with Gasteiger partial charge < -0.3 is 20.6 Å². The average Bonchev–Trinajstić information content (AvgIpc) is 2.93. The first-order valence-corrected chi connectivity index (χ1v) is 7.06. The minimum absolute atomic E-state index is 0.0356. The van der Waals surface area contributed by atoms with Crippen molar-refractivity contribution in [1.82, 2.24) is 4.90 Å². The summed E-state index contributed by atoms with van der Waals surface area (Å²) in [6.07, 6.45) is 1.18. The first-order chi connectivity index (χ1) is 10.0. The highest BCUT2D eigenvalue weighted by Gasteiger charge is 2.21. The first-order valence-electron chi connectivity index (χ1n) is 7.06. The predicted octanol–water partition coefficient (Wildman–Crippen LogP) is 1.61. The van der Waals surface area contributed by atoms with Gasteiger partial charge in [0.05, 0.1) is 6.61 Å². The molecule has 3 N–H and O–H groups in total. The van der Waals surface area contributed by atoms with E-state index in [4.69, 9.17) is 15.7 Å². The van der Waals surface area contributed by atoms with E-state index in [9.17, 15) is 4.79 Å². The number of hydrogen-bond donors (Lipinski definition) is 2. The van der Waals surface area contributed by atoms with Gasteiger partial charge in [-0.3, -0.25) is 4.79 Å². The molecule has 21 heavy (non-hydrogen) atoms. The largest absolute Gasteiger partial charge is 0.493 e. The Kier molecular flexibility index (Phi) is 4.67. The lowest BCUT2D eigenvalue weighted by molar-refractivity contribution is 0.0711. The molecule has 1 aromatic rings. The standard InChI is InChI=1S/C15H21N3O3/c1-10(2)18(7-5-14(16)17-20)15(19)12-3-4-13-11(9-12)6-8-21-13/h3-4,9-10,20H,5-8H2,1-2H3,(H2,16,17). The second-order valence-corrected chi connectivity index (χ2v) is 5.35. The summed E-state index contributed by atoms with van der Waals surface area (Å²) in [4.78, 5) is 14.3. The fourth-order valence-electron chi connectivity index (χ4n) is 2.36. The number of nitrogens with two attached hydrogens (primary N) is 1. The molecule has 0 fully saturated rings. The van der Waals surface area contributed by atoms with Gasteiger partial charge >= 0.3 is 0 Å². The van der Waals surface area contributed by atoms with Gasteiger partial charge in [0.2, 0.25) is 0 Å². The Balaban J connectivity index is 2.14. The van der Waals surface area contributed by atoms with Crippen LogP contribution in [0.2, 0.25) is 0 Å². The second-order valence-electron chi connectivity index (χ2n) is 5.35. The highest BCUT2D eigenvalue weighted by atomic mass is 16.5. The van der Waals surface area contributed by atoms with Gasteiger partial charge in [-0.15, -0.1) is 0 Å². The van der Waals surface area contributed by atoms with Crippen molar-refractivity contribution in [3.05, 3.63) is 29.3 Å². The maximum Gasteiger partial charge on any atom is 0.254 e. The van der Waals surface area contributed by atoms with Gasteiger partial charge in [0, 0.05) is 31.0 Å². The Hall–Kier alpha value is -2.24. The molecule has 1 aliphatic heterocycles. The lowest BCUT2D eigenvalue weighted by Crippen LogP contribution is -2.39. The molecule has 0 bridgehead atoms. The Morgan fingerprint density at radius 3 is 2.95 bits per heavy atom. The number of oxime groups is 1. The van der Waals surface area contributed by atoms with Crippen LogP contribution in [0.5, 0.6) is 5.75 Å². The van der Waals surface area contributed by atoms with Crippen molar-refractivity contribution < 1.29 is 14.7 Å². The van der Waals surface area contributed by atoms with Gasteiger partial charge in [-0.25, -0.2) is 0 Å². The van der Waals surface area contributed by atoms with Crippen molar-refractivity contribution >= 4 is 11.7 Å². The zero-order valence-corrected chi connectivity index (χ0v) is 12.4. The van der Waals surface area contributed by atoms with Crippen LogP contribution in [0.4, 0.5) is 0 Å². The highest BCUT2D eigenvalue weighted by molar-refractivity contribution is 5.95. The molecule has 6 heteroatoms. The molecule has 0 unspecified atom stereocenters. The number of carbonyl (C=O) groups excluding carboxylic acids is 1. The van der Waals surface area contributed by atoms with Crippen molar-refractivity contribution in [2.45, 2.75) is 32.7 Å². The monoisotopic (exact) mass is 291 g/mol. The quantitative estimate of drug-likeness (QED) is 0.373. The van der Waals surface area contributed by atoms with E-state index in [1.54, 1.807) is 11.0 Å². The number of amides is 1. The molecular formula is C15H21N3O3. The number of ether oxygens (including phenoxy) is 1. The first kappa shape index (κ1) is 15.2.